The van der Waals surface area contributed by atoms with Gasteiger partial charge < -0.3 is 14.4 Å². The Morgan fingerprint density at radius 3 is 2.39 bits per heavy atom. The van der Waals surface area contributed by atoms with Gasteiger partial charge in [0.15, 0.2) is 11.9 Å². The van der Waals surface area contributed by atoms with Gasteiger partial charge in [0.05, 0.1) is 16.7 Å². The molecule has 1 unspecified atom stereocenters. The first kappa shape index (κ1) is 26.9. The zero-order valence-electron chi connectivity index (χ0n) is 18.1. The topological polar surface area (TPSA) is 102 Å². The van der Waals surface area contributed by atoms with E-state index in [2.05, 4.69) is 4.40 Å². The normalized spacial score (nSPS) is 12.5. The SMILES string of the molecule is CCOC(=O)C(C)Oc1ccc(C(=O)c2ccc(Cl)c(S(=O)(=O)N=CN(C)C)c2)c(Cl)c1Cl. The Kier molecular flexibility index (Phi) is 9.13. The summed E-state index contributed by atoms with van der Waals surface area (Å²) in [5.41, 5.74) is 0.00447. The first-order valence-corrected chi connectivity index (χ1v) is 12.1. The molecule has 8 nitrogen and oxygen atoms in total. The molecule has 178 valence electrons. The van der Waals surface area contributed by atoms with Crippen LogP contribution in [-0.2, 0) is 19.6 Å². The molecule has 0 N–H and O–H groups in total. The summed E-state index contributed by atoms with van der Waals surface area (Å²) in [6.45, 7) is 3.33. The van der Waals surface area contributed by atoms with E-state index in [0.29, 0.717) is 0 Å². The molecule has 1 atom stereocenters. The summed E-state index contributed by atoms with van der Waals surface area (Å²) in [6, 6.07) is 6.49. The fourth-order valence-electron chi connectivity index (χ4n) is 2.51. The third-order valence-electron chi connectivity index (χ3n) is 4.10. The fraction of sp³-hybridized carbons (Fsp3) is 0.286. The number of rotatable bonds is 9. The summed E-state index contributed by atoms with van der Waals surface area (Å²) >= 11 is 18.6. The zero-order valence-corrected chi connectivity index (χ0v) is 21.2. The van der Waals surface area contributed by atoms with Crippen LogP contribution in [0.4, 0.5) is 0 Å². The van der Waals surface area contributed by atoms with Gasteiger partial charge >= 0.3 is 5.97 Å². The van der Waals surface area contributed by atoms with Crippen LogP contribution in [0.5, 0.6) is 5.75 Å². The van der Waals surface area contributed by atoms with Crippen LogP contribution in [0.3, 0.4) is 0 Å². The second kappa shape index (κ2) is 11.2. The molecular formula is C21H21Cl3N2O6S. The van der Waals surface area contributed by atoms with Crippen LogP contribution in [0.1, 0.15) is 29.8 Å². The number of esters is 1. The molecule has 2 rings (SSSR count). The van der Waals surface area contributed by atoms with E-state index in [0.717, 1.165) is 12.4 Å². The average Bonchev–Trinajstić information content (AvgIpc) is 2.75. The minimum absolute atomic E-state index is 0.000248. The van der Waals surface area contributed by atoms with E-state index < -0.39 is 27.9 Å². The first-order chi connectivity index (χ1) is 15.4. The van der Waals surface area contributed by atoms with Crippen molar-refractivity contribution in [3.05, 3.63) is 56.5 Å². The van der Waals surface area contributed by atoms with Gasteiger partial charge in [0, 0.05) is 25.2 Å². The highest BCUT2D eigenvalue weighted by molar-refractivity contribution is 7.90. The molecule has 12 heteroatoms. The lowest BCUT2D eigenvalue weighted by Gasteiger charge is -2.16. The number of carbonyl (C=O) groups excluding carboxylic acids is 2. The Bertz CT molecular complexity index is 1200. The van der Waals surface area contributed by atoms with E-state index in [1.54, 1.807) is 21.0 Å². The molecule has 0 saturated heterocycles. The number of benzene rings is 2. The van der Waals surface area contributed by atoms with E-state index in [4.69, 9.17) is 44.3 Å². The summed E-state index contributed by atoms with van der Waals surface area (Å²) in [7, 11) is -0.946. The van der Waals surface area contributed by atoms with Gasteiger partial charge in [-0.15, -0.1) is 4.40 Å². The van der Waals surface area contributed by atoms with Crippen LogP contribution in [-0.4, -0.2) is 58.2 Å². The molecule has 0 aliphatic heterocycles. The van der Waals surface area contributed by atoms with Gasteiger partial charge in [-0.1, -0.05) is 34.8 Å². The van der Waals surface area contributed by atoms with Gasteiger partial charge in [-0.05, 0) is 44.2 Å². The van der Waals surface area contributed by atoms with Crippen LogP contribution in [0.25, 0.3) is 0 Å². The Labute approximate surface area is 207 Å². The predicted octanol–water partition coefficient (Wildman–Crippen LogP) is 4.49. The third-order valence-corrected chi connectivity index (χ3v) is 6.67. The standard InChI is InChI=1S/C21H21Cl3N2O6S/c1-5-31-21(28)12(2)32-16-9-7-14(18(23)19(16)24)20(27)13-6-8-15(22)17(10-13)33(29,30)25-11-26(3)4/h6-12H,5H2,1-4H3. The van der Waals surface area contributed by atoms with Crippen molar-refractivity contribution in [1.82, 2.24) is 4.90 Å². The Morgan fingerprint density at radius 1 is 1.12 bits per heavy atom. The van der Waals surface area contributed by atoms with Gasteiger partial charge in [0.1, 0.15) is 22.0 Å². The molecule has 0 heterocycles. The monoisotopic (exact) mass is 534 g/mol. The predicted molar refractivity (Wildman–Crippen MR) is 127 cm³/mol. The fourth-order valence-corrected chi connectivity index (χ4v) is 4.39. The van der Waals surface area contributed by atoms with Crippen molar-refractivity contribution < 1.29 is 27.5 Å². The summed E-state index contributed by atoms with van der Waals surface area (Å²) in [4.78, 5) is 25.9. The lowest BCUT2D eigenvalue weighted by Crippen LogP contribution is -2.26. The van der Waals surface area contributed by atoms with E-state index in [-0.39, 0.29) is 43.4 Å². The largest absolute Gasteiger partial charge is 0.477 e. The maximum Gasteiger partial charge on any atom is 0.347 e. The third kappa shape index (κ3) is 6.60. The average molecular weight is 536 g/mol. The number of hydrogen-bond donors (Lipinski definition) is 0. The first-order valence-electron chi connectivity index (χ1n) is 9.51. The van der Waals surface area contributed by atoms with Crippen LogP contribution >= 0.6 is 34.8 Å². The summed E-state index contributed by atoms with van der Waals surface area (Å²) in [6.07, 6.45) is 0.152. The lowest BCUT2D eigenvalue weighted by molar-refractivity contribution is -0.150. The van der Waals surface area contributed by atoms with Crippen molar-refractivity contribution in [1.29, 1.82) is 0 Å². The summed E-state index contributed by atoms with van der Waals surface area (Å²) in [5, 5.41) is -0.306. The van der Waals surface area contributed by atoms with Crippen molar-refractivity contribution in [2.75, 3.05) is 20.7 Å². The van der Waals surface area contributed by atoms with E-state index in [1.807, 2.05) is 0 Å². The van der Waals surface area contributed by atoms with E-state index in [9.17, 15) is 18.0 Å². The number of carbonyl (C=O) groups is 2. The molecule has 2 aromatic rings. The number of ether oxygens (including phenoxy) is 2. The van der Waals surface area contributed by atoms with Gasteiger partial charge in [-0.3, -0.25) is 4.79 Å². The van der Waals surface area contributed by atoms with Crippen molar-refractivity contribution in [3.8, 4) is 5.75 Å². The lowest BCUT2D eigenvalue weighted by atomic mass is 10.0. The Balaban J connectivity index is 2.40. The van der Waals surface area contributed by atoms with Crippen molar-refractivity contribution in [2.45, 2.75) is 24.8 Å². The molecule has 0 amide bonds. The van der Waals surface area contributed by atoms with Gasteiger partial charge in [-0.25, -0.2) is 4.79 Å². The van der Waals surface area contributed by atoms with Gasteiger partial charge in [0.2, 0.25) is 0 Å². The second-order valence-electron chi connectivity index (χ2n) is 6.89. The molecule has 0 aromatic heterocycles. The smallest absolute Gasteiger partial charge is 0.347 e. The molecule has 33 heavy (non-hydrogen) atoms. The van der Waals surface area contributed by atoms with Crippen LogP contribution in [0.2, 0.25) is 15.1 Å². The highest BCUT2D eigenvalue weighted by atomic mass is 35.5. The summed E-state index contributed by atoms with van der Waals surface area (Å²) < 4.78 is 38.9. The van der Waals surface area contributed by atoms with Gasteiger partial charge in [-0.2, -0.15) is 8.42 Å². The number of ketones is 1. The minimum atomic E-state index is -4.15. The molecule has 0 spiro atoms. The quantitative estimate of drug-likeness (QED) is 0.202. The maximum atomic E-state index is 13.1. The van der Waals surface area contributed by atoms with Gasteiger partial charge in [0.25, 0.3) is 10.0 Å². The maximum absolute atomic E-state index is 13.1. The number of sulfonamides is 1. The van der Waals surface area contributed by atoms with Crippen LogP contribution < -0.4 is 4.74 Å². The molecule has 0 fully saturated rings. The van der Waals surface area contributed by atoms with Crippen LogP contribution in [0.15, 0.2) is 39.6 Å². The molecule has 0 saturated carbocycles. The molecule has 0 aliphatic rings. The zero-order chi connectivity index (χ0) is 24.9. The molecule has 0 radical (unpaired) electrons. The Morgan fingerprint density at radius 2 is 1.79 bits per heavy atom. The number of halogens is 3. The second-order valence-corrected chi connectivity index (χ2v) is 9.65. The summed E-state index contributed by atoms with van der Waals surface area (Å²) in [5.74, 6) is -1.11. The van der Waals surface area contributed by atoms with E-state index >= 15 is 0 Å². The van der Waals surface area contributed by atoms with Crippen LogP contribution in [0, 0.1) is 0 Å². The highest BCUT2D eigenvalue weighted by Gasteiger charge is 2.24. The molecule has 0 bridgehead atoms. The van der Waals surface area contributed by atoms with E-state index in [1.165, 1.54) is 36.1 Å². The van der Waals surface area contributed by atoms with Crippen molar-refractivity contribution in [2.24, 2.45) is 4.40 Å². The highest BCUT2D eigenvalue weighted by Crippen LogP contribution is 2.37. The van der Waals surface area contributed by atoms with Crippen molar-refractivity contribution >= 4 is 62.9 Å². The van der Waals surface area contributed by atoms with Crippen molar-refractivity contribution in [3.63, 3.8) is 0 Å². The molecule has 2 aromatic carbocycles. The number of hydrogen-bond acceptors (Lipinski definition) is 6. The molecule has 0 aliphatic carbocycles. The minimum Gasteiger partial charge on any atom is -0.477 e. The Hall–Kier alpha value is -2.33. The molecular weight excluding hydrogens is 515 g/mol. The number of nitrogens with zero attached hydrogens (tertiary/aromatic N) is 2.